The first-order valence-corrected chi connectivity index (χ1v) is 18.9. The number of aromatic carboxylic acids is 1. The van der Waals surface area contributed by atoms with Gasteiger partial charge < -0.3 is 19.1 Å². The van der Waals surface area contributed by atoms with E-state index in [0.717, 1.165) is 99.0 Å². The van der Waals surface area contributed by atoms with Gasteiger partial charge in [-0.2, -0.15) is 0 Å². The number of thiophene rings is 1. The van der Waals surface area contributed by atoms with Crippen molar-refractivity contribution in [3.05, 3.63) is 94.3 Å². The number of benzene rings is 3. The van der Waals surface area contributed by atoms with Crippen LogP contribution in [0.15, 0.2) is 78.9 Å². The Bertz CT molecular complexity index is 2260. The number of fused-ring (bicyclic) bond motifs is 2. The van der Waals surface area contributed by atoms with Gasteiger partial charge in [-0.1, -0.05) is 61.2 Å². The molecule has 0 radical (unpaired) electrons. The molecule has 260 valence electrons. The molecule has 1 aliphatic carbocycles. The van der Waals surface area contributed by atoms with Crippen LogP contribution in [0.4, 0.5) is 0 Å². The summed E-state index contributed by atoms with van der Waals surface area (Å²) < 4.78 is 14.3. The lowest BCUT2D eigenvalue weighted by Crippen LogP contribution is -2.26. The number of pyridine rings is 1. The second kappa shape index (κ2) is 14.3. The summed E-state index contributed by atoms with van der Waals surface area (Å²) in [6.45, 7) is 1.39. The molecular weight excluding hydrogens is 680 g/mol. The van der Waals surface area contributed by atoms with Crippen molar-refractivity contribution < 1.29 is 24.2 Å². The van der Waals surface area contributed by atoms with Crippen LogP contribution in [0.3, 0.4) is 0 Å². The Hall–Kier alpha value is -4.50. The summed E-state index contributed by atoms with van der Waals surface area (Å²) in [7, 11) is 1.66. The maximum atomic E-state index is 13.9. The highest BCUT2D eigenvalue weighted by Gasteiger charge is 2.31. The molecule has 3 aromatic carbocycles. The average molecular weight is 719 g/mol. The summed E-state index contributed by atoms with van der Waals surface area (Å²) in [5.41, 5.74) is 8.78. The van der Waals surface area contributed by atoms with E-state index in [2.05, 4.69) is 34.9 Å². The van der Waals surface area contributed by atoms with Gasteiger partial charge in [-0.15, -0.1) is 11.3 Å². The van der Waals surface area contributed by atoms with Gasteiger partial charge in [0.2, 0.25) is 0 Å². The number of methoxy groups -OCH3 is 1. The Morgan fingerprint density at radius 1 is 0.902 bits per heavy atom. The number of halogens is 1. The van der Waals surface area contributed by atoms with E-state index < -0.39 is 5.97 Å². The van der Waals surface area contributed by atoms with Gasteiger partial charge >= 0.3 is 5.97 Å². The second-order valence-corrected chi connectivity index (χ2v) is 15.2. The van der Waals surface area contributed by atoms with Crippen molar-refractivity contribution >= 4 is 55.8 Å². The Morgan fingerprint density at radius 2 is 1.67 bits per heavy atom. The lowest BCUT2D eigenvalue weighted by atomic mass is 9.83. The molecule has 1 N–H and O–H groups in total. The Balaban J connectivity index is 1.26. The highest BCUT2D eigenvalue weighted by Crippen LogP contribution is 2.47. The standard InChI is InChI=1S/C42H39ClN2O5S/c1-49-31-13-14-32(25-7-11-30(43)12-8-25)33(22-31)35-16-9-28-21-29(10-15-34(28)44-35)40-39(27-5-3-2-4-6-27)41-36(23-38(51-41)42(47)48)45(40)24-37(46)26-17-19-50-20-18-26/h7-16,21-23,26-27H,2-6,17-20,24H2,1H3,(H,47,48). The van der Waals surface area contributed by atoms with E-state index >= 15 is 0 Å². The fourth-order valence-electron chi connectivity index (χ4n) is 7.97. The van der Waals surface area contributed by atoms with Crippen molar-refractivity contribution in [3.63, 3.8) is 0 Å². The van der Waals surface area contributed by atoms with Crippen LogP contribution < -0.4 is 4.74 Å². The molecule has 7 nitrogen and oxygen atoms in total. The van der Waals surface area contributed by atoms with E-state index in [4.69, 9.17) is 26.1 Å². The van der Waals surface area contributed by atoms with E-state index in [1.807, 2.05) is 42.5 Å². The van der Waals surface area contributed by atoms with E-state index in [9.17, 15) is 14.7 Å². The lowest BCUT2D eigenvalue weighted by molar-refractivity contribution is -0.126. The number of Topliss-reactive ketones (excluding diaryl/α,β-unsaturated/α-hetero) is 1. The van der Waals surface area contributed by atoms with Crippen LogP contribution in [-0.2, 0) is 16.1 Å². The van der Waals surface area contributed by atoms with Crippen LogP contribution in [0.2, 0.25) is 5.02 Å². The first kappa shape index (κ1) is 33.6. The fourth-order valence-corrected chi connectivity index (χ4v) is 9.22. The molecule has 0 bridgehead atoms. The minimum Gasteiger partial charge on any atom is -0.497 e. The van der Waals surface area contributed by atoms with Gasteiger partial charge in [0.05, 0.1) is 40.8 Å². The minimum absolute atomic E-state index is 0.0617. The topological polar surface area (TPSA) is 90.7 Å². The third-order valence-corrected chi connectivity index (χ3v) is 12.0. The summed E-state index contributed by atoms with van der Waals surface area (Å²) >= 11 is 7.55. The van der Waals surface area contributed by atoms with Gasteiger partial charge in [0.25, 0.3) is 0 Å². The van der Waals surface area contributed by atoms with Crippen molar-refractivity contribution in [2.24, 2.45) is 5.92 Å². The Labute approximate surface area is 305 Å². The number of hydrogen-bond acceptors (Lipinski definition) is 6. The number of carboxylic acids is 1. The van der Waals surface area contributed by atoms with Crippen molar-refractivity contribution in [2.45, 2.75) is 57.4 Å². The lowest BCUT2D eigenvalue weighted by Gasteiger charge is -2.24. The van der Waals surface area contributed by atoms with Gasteiger partial charge in [0.1, 0.15) is 10.6 Å². The molecule has 0 spiro atoms. The zero-order valence-corrected chi connectivity index (χ0v) is 30.1. The van der Waals surface area contributed by atoms with Crippen molar-refractivity contribution in [1.29, 1.82) is 0 Å². The number of carboxylic acid groups (broad SMARTS) is 1. The highest BCUT2D eigenvalue weighted by molar-refractivity contribution is 7.21. The van der Waals surface area contributed by atoms with E-state index in [1.54, 1.807) is 13.2 Å². The molecule has 9 heteroatoms. The molecule has 8 rings (SSSR count). The largest absolute Gasteiger partial charge is 0.497 e. The molecule has 2 aliphatic rings. The molecule has 1 aliphatic heterocycles. The van der Waals surface area contributed by atoms with Gasteiger partial charge in [0, 0.05) is 35.1 Å². The monoisotopic (exact) mass is 718 g/mol. The Morgan fingerprint density at radius 3 is 2.41 bits per heavy atom. The molecule has 0 unspecified atom stereocenters. The summed E-state index contributed by atoms with van der Waals surface area (Å²) in [6.07, 6.45) is 7.03. The number of ether oxygens (including phenoxy) is 2. The SMILES string of the molecule is COc1ccc(-c2ccc(Cl)cc2)c(-c2ccc3cc(-c4c(C5CCCCC5)c5sc(C(=O)O)cc5n4CC(=O)C4CCOCC4)ccc3n2)c1. The molecule has 3 aromatic heterocycles. The zero-order chi connectivity index (χ0) is 35.1. The predicted octanol–water partition coefficient (Wildman–Crippen LogP) is 10.7. The van der Waals surface area contributed by atoms with Gasteiger partial charge in [-0.05, 0) is 102 Å². The number of nitrogens with zero attached hydrogens (tertiary/aromatic N) is 2. The van der Waals surface area contributed by atoms with Crippen LogP contribution in [0.5, 0.6) is 5.75 Å². The number of aromatic nitrogens is 2. The van der Waals surface area contributed by atoms with Gasteiger partial charge in [-0.25, -0.2) is 9.78 Å². The number of ketones is 1. The summed E-state index contributed by atoms with van der Waals surface area (Å²) in [6, 6.07) is 26.1. The predicted molar refractivity (Wildman–Crippen MR) is 204 cm³/mol. The molecular formula is C42H39ClN2O5S. The van der Waals surface area contributed by atoms with Crippen molar-refractivity contribution in [3.8, 4) is 39.4 Å². The van der Waals surface area contributed by atoms with Crippen LogP contribution in [0.25, 0.3) is 54.8 Å². The van der Waals surface area contributed by atoms with E-state index in [-0.39, 0.29) is 18.2 Å². The van der Waals surface area contributed by atoms with E-state index in [0.29, 0.717) is 29.0 Å². The molecule has 0 amide bonds. The molecule has 4 heterocycles. The Kier molecular flexibility index (Phi) is 9.40. The third kappa shape index (κ3) is 6.57. The fraction of sp³-hybridized carbons (Fsp3) is 0.310. The molecule has 0 atom stereocenters. The van der Waals surface area contributed by atoms with Crippen LogP contribution in [0, 0.1) is 5.92 Å². The van der Waals surface area contributed by atoms with Crippen molar-refractivity contribution in [1.82, 2.24) is 9.55 Å². The summed E-state index contributed by atoms with van der Waals surface area (Å²) in [4.78, 5) is 31.6. The van der Waals surface area contributed by atoms with Crippen LogP contribution in [-0.4, -0.2) is 46.7 Å². The van der Waals surface area contributed by atoms with E-state index in [1.165, 1.54) is 23.3 Å². The third-order valence-electron chi connectivity index (χ3n) is 10.6. The smallest absolute Gasteiger partial charge is 0.345 e. The molecule has 2 fully saturated rings. The normalized spacial score (nSPS) is 15.8. The molecule has 1 saturated heterocycles. The average Bonchev–Trinajstić information content (AvgIpc) is 3.73. The molecule has 51 heavy (non-hydrogen) atoms. The number of rotatable bonds is 9. The van der Waals surface area contributed by atoms with Gasteiger partial charge in [-0.3, -0.25) is 4.79 Å². The minimum atomic E-state index is -0.933. The second-order valence-electron chi connectivity index (χ2n) is 13.7. The highest BCUT2D eigenvalue weighted by atomic mass is 35.5. The quantitative estimate of drug-likeness (QED) is 0.160. The summed E-state index contributed by atoms with van der Waals surface area (Å²) in [5, 5.41) is 11.7. The zero-order valence-electron chi connectivity index (χ0n) is 28.5. The van der Waals surface area contributed by atoms with Crippen LogP contribution in [0.1, 0.15) is 66.1 Å². The number of carbonyl (C=O) groups excluding carboxylic acids is 1. The first-order valence-electron chi connectivity index (χ1n) is 17.7. The first-order chi connectivity index (χ1) is 24.9. The van der Waals surface area contributed by atoms with Crippen LogP contribution >= 0.6 is 22.9 Å². The molecule has 1 saturated carbocycles. The summed E-state index contributed by atoms with van der Waals surface area (Å²) in [5.74, 6) is 0.228. The maximum absolute atomic E-state index is 13.9. The van der Waals surface area contributed by atoms with Gasteiger partial charge in [0.15, 0.2) is 5.78 Å². The number of hydrogen-bond donors (Lipinski definition) is 1. The molecule has 6 aromatic rings. The maximum Gasteiger partial charge on any atom is 0.345 e. The van der Waals surface area contributed by atoms with Crippen molar-refractivity contribution in [2.75, 3.05) is 20.3 Å². The number of carbonyl (C=O) groups is 2.